The van der Waals surface area contributed by atoms with Crippen LogP contribution in [-0.2, 0) is 11.2 Å². The van der Waals surface area contributed by atoms with Gasteiger partial charge in [-0.2, -0.15) is 4.98 Å². The number of carbonyl (C=O) groups excluding carboxylic acids is 1. The molecule has 0 bridgehead atoms. The lowest BCUT2D eigenvalue weighted by atomic mass is 10.0. The van der Waals surface area contributed by atoms with Gasteiger partial charge in [0.2, 0.25) is 11.9 Å². The molecule has 6 heteroatoms. The van der Waals surface area contributed by atoms with E-state index in [-0.39, 0.29) is 5.91 Å². The second-order valence-electron chi connectivity index (χ2n) is 6.26. The van der Waals surface area contributed by atoms with Gasteiger partial charge in [0.25, 0.3) is 0 Å². The van der Waals surface area contributed by atoms with Crippen molar-refractivity contribution in [1.82, 2.24) is 9.97 Å². The Bertz CT molecular complexity index is 956. The molecule has 26 heavy (non-hydrogen) atoms. The number of rotatable bonds is 4. The van der Waals surface area contributed by atoms with E-state index in [4.69, 9.17) is 0 Å². The Labute approximate surface area is 151 Å². The van der Waals surface area contributed by atoms with Crippen LogP contribution in [0, 0.1) is 6.92 Å². The molecule has 6 nitrogen and oxygen atoms in total. The van der Waals surface area contributed by atoms with Crippen LogP contribution in [0.15, 0.2) is 54.7 Å². The third-order valence-corrected chi connectivity index (χ3v) is 4.27. The zero-order chi connectivity index (χ0) is 17.9. The van der Waals surface area contributed by atoms with Gasteiger partial charge < -0.3 is 16.0 Å². The van der Waals surface area contributed by atoms with Crippen molar-refractivity contribution < 1.29 is 4.79 Å². The first-order valence-electron chi connectivity index (χ1n) is 8.53. The molecule has 1 aromatic heterocycles. The second kappa shape index (κ2) is 6.84. The molecule has 0 fully saturated rings. The number of para-hydroxylation sites is 1. The predicted molar refractivity (Wildman–Crippen MR) is 103 cm³/mol. The lowest BCUT2D eigenvalue weighted by molar-refractivity contribution is -0.116. The number of hydrogen-bond acceptors (Lipinski definition) is 5. The van der Waals surface area contributed by atoms with E-state index in [1.807, 2.05) is 55.5 Å². The Balaban J connectivity index is 1.55. The number of amides is 1. The molecule has 2 aromatic carbocycles. The molecule has 1 aliphatic rings. The highest BCUT2D eigenvalue weighted by Gasteiger charge is 2.15. The number of hydrogen-bond donors (Lipinski definition) is 3. The van der Waals surface area contributed by atoms with Gasteiger partial charge in [0, 0.05) is 35.2 Å². The minimum absolute atomic E-state index is 0.0664. The largest absolute Gasteiger partial charge is 0.340 e. The summed E-state index contributed by atoms with van der Waals surface area (Å²) in [6, 6.07) is 15.8. The quantitative estimate of drug-likeness (QED) is 0.662. The molecule has 3 N–H and O–H groups in total. The maximum absolute atomic E-state index is 11.5. The van der Waals surface area contributed by atoms with E-state index in [9.17, 15) is 4.79 Å². The van der Waals surface area contributed by atoms with Crippen molar-refractivity contribution in [3.05, 3.63) is 65.9 Å². The summed E-state index contributed by atoms with van der Waals surface area (Å²) in [6.45, 7) is 1.97. The standard InChI is InChI=1S/C20H19N5O/c1-13-12-21-20(25-19(13)22-15-5-3-2-4-6-15)23-16-8-9-17-14(11-16)7-10-18(26)24-17/h2-6,8-9,11-12H,7,10H2,1H3,(H,24,26)(H2,21,22,23,25). The van der Waals surface area contributed by atoms with Crippen molar-refractivity contribution in [3.63, 3.8) is 0 Å². The van der Waals surface area contributed by atoms with Crippen LogP contribution in [0.4, 0.5) is 28.8 Å². The van der Waals surface area contributed by atoms with Crippen LogP contribution < -0.4 is 16.0 Å². The van der Waals surface area contributed by atoms with Crippen LogP contribution in [0.2, 0.25) is 0 Å². The fourth-order valence-corrected chi connectivity index (χ4v) is 2.88. The highest BCUT2D eigenvalue weighted by atomic mass is 16.1. The molecular formula is C20H19N5O. The fraction of sp³-hybridized carbons (Fsp3) is 0.150. The number of aryl methyl sites for hydroxylation is 2. The lowest BCUT2D eigenvalue weighted by Gasteiger charge is -2.18. The first-order chi connectivity index (χ1) is 12.7. The van der Waals surface area contributed by atoms with Gasteiger partial charge >= 0.3 is 0 Å². The first kappa shape index (κ1) is 16.1. The summed E-state index contributed by atoms with van der Waals surface area (Å²) in [5, 5.41) is 9.45. The second-order valence-corrected chi connectivity index (χ2v) is 6.26. The molecule has 2 heterocycles. The number of benzene rings is 2. The van der Waals surface area contributed by atoms with Crippen molar-refractivity contribution in [2.75, 3.05) is 16.0 Å². The minimum Gasteiger partial charge on any atom is -0.340 e. The molecular weight excluding hydrogens is 326 g/mol. The summed E-state index contributed by atoms with van der Waals surface area (Å²) in [7, 11) is 0. The SMILES string of the molecule is Cc1cnc(Nc2ccc3c(c2)CCC(=O)N3)nc1Nc1ccccc1. The molecule has 1 amide bonds. The Morgan fingerprint density at radius 2 is 1.85 bits per heavy atom. The highest BCUT2D eigenvalue weighted by molar-refractivity contribution is 5.94. The summed E-state index contributed by atoms with van der Waals surface area (Å²) in [5.41, 5.74) is 4.83. The molecule has 4 rings (SSSR count). The third-order valence-electron chi connectivity index (χ3n) is 4.27. The topological polar surface area (TPSA) is 78.9 Å². The zero-order valence-corrected chi connectivity index (χ0v) is 14.4. The van der Waals surface area contributed by atoms with Crippen LogP contribution in [0.5, 0.6) is 0 Å². The third kappa shape index (κ3) is 3.49. The van der Waals surface area contributed by atoms with Gasteiger partial charge in [-0.3, -0.25) is 4.79 Å². The van der Waals surface area contributed by atoms with Gasteiger partial charge in [-0.05, 0) is 49.2 Å². The maximum Gasteiger partial charge on any atom is 0.229 e. The molecule has 1 aliphatic heterocycles. The maximum atomic E-state index is 11.5. The Hall–Kier alpha value is -3.41. The van der Waals surface area contributed by atoms with Crippen LogP contribution in [0.25, 0.3) is 0 Å². The summed E-state index contributed by atoms with van der Waals surface area (Å²) >= 11 is 0. The molecule has 0 aliphatic carbocycles. The number of carbonyl (C=O) groups is 1. The van der Waals surface area contributed by atoms with Crippen LogP contribution in [0.1, 0.15) is 17.5 Å². The Morgan fingerprint density at radius 3 is 2.69 bits per heavy atom. The van der Waals surface area contributed by atoms with E-state index in [1.54, 1.807) is 6.20 Å². The van der Waals surface area contributed by atoms with Crippen molar-refractivity contribution in [1.29, 1.82) is 0 Å². The van der Waals surface area contributed by atoms with Crippen LogP contribution in [-0.4, -0.2) is 15.9 Å². The van der Waals surface area contributed by atoms with Crippen LogP contribution in [0.3, 0.4) is 0 Å². The van der Waals surface area contributed by atoms with Crippen molar-refractivity contribution >= 4 is 34.7 Å². The normalized spacial score (nSPS) is 12.9. The summed E-state index contributed by atoms with van der Waals surface area (Å²) in [5.74, 6) is 1.35. The van der Waals surface area contributed by atoms with E-state index in [0.717, 1.165) is 40.4 Å². The number of fused-ring (bicyclic) bond motifs is 1. The Kier molecular flexibility index (Phi) is 4.23. The predicted octanol–water partition coefficient (Wildman–Crippen LogP) is 4.16. The van der Waals surface area contributed by atoms with Crippen molar-refractivity contribution in [3.8, 4) is 0 Å². The van der Waals surface area contributed by atoms with Crippen molar-refractivity contribution in [2.45, 2.75) is 19.8 Å². The molecule has 0 unspecified atom stereocenters. The van der Waals surface area contributed by atoms with E-state index < -0.39 is 0 Å². The lowest BCUT2D eigenvalue weighted by Crippen LogP contribution is -2.18. The smallest absolute Gasteiger partial charge is 0.229 e. The van der Waals surface area contributed by atoms with E-state index >= 15 is 0 Å². The average Bonchev–Trinajstić information content (AvgIpc) is 2.65. The van der Waals surface area contributed by atoms with Gasteiger partial charge in [-0.25, -0.2) is 4.98 Å². The van der Waals surface area contributed by atoms with Crippen LogP contribution >= 0.6 is 0 Å². The molecule has 0 saturated carbocycles. The molecule has 3 aromatic rings. The molecule has 0 spiro atoms. The summed E-state index contributed by atoms with van der Waals surface area (Å²) < 4.78 is 0. The number of nitrogens with one attached hydrogen (secondary N) is 3. The number of nitrogens with zero attached hydrogens (tertiary/aromatic N) is 2. The van der Waals surface area contributed by atoms with Gasteiger partial charge in [-0.1, -0.05) is 18.2 Å². The van der Waals surface area contributed by atoms with Gasteiger partial charge in [0.1, 0.15) is 5.82 Å². The van der Waals surface area contributed by atoms with Gasteiger partial charge in [-0.15, -0.1) is 0 Å². The minimum atomic E-state index is 0.0664. The van der Waals surface area contributed by atoms with Gasteiger partial charge in [0.15, 0.2) is 0 Å². The fourth-order valence-electron chi connectivity index (χ4n) is 2.88. The molecule has 130 valence electrons. The van der Waals surface area contributed by atoms with Crippen molar-refractivity contribution in [2.24, 2.45) is 0 Å². The van der Waals surface area contributed by atoms with E-state index in [1.165, 1.54) is 0 Å². The summed E-state index contributed by atoms with van der Waals surface area (Å²) in [6.07, 6.45) is 3.05. The van der Waals surface area contributed by atoms with Gasteiger partial charge in [0.05, 0.1) is 0 Å². The van der Waals surface area contributed by atoms with E-state index in [0.29, 0.717) is 12.4 Å². The van der Waals surface area contributed by atoms with E-state index in [2.05, 4.69) is 25.9 Å². The first-order valence-corrected chi connectivity index (χ1v) is 8.53. The molecule has 0 atom stereocenters. The summed E-state index contributed by atoms with van der Waals surface area (Å²) in [4.78, 5) is 20.4. The monoisotopic (exact) mass is 345 g/mol. The molecule has 0 radical (unpaired) electrons. The Morgan fingerprint density at radius 1 is 1.00 bits per heavy atom. The number of aromatic nitrogens is 2. The number of anilines is 5. The highest BCUT2D eigenvalue weighted by Crippen LogP contribution is 2.27. The zero-order valence-electron chi connectivity index (χ0n) is 14.4. The molecule has 0 saturated heterocycles. The average molecular weight is 345 g/mol.